The molecule has 0 saturated carbocycles. The van der Waals surface area contributed by atoms with E-state index in [-0.39, 0.29) is 36.4 Å². The monoisotopic (exact) mass is 456 g/mol. The van der Waals surface area contributed by atoms with Crippen molar-refractivity contribution < 1.29 is 18.4 Å². The third-order valence-electron chi connectivity index (χ3n) is 5.23. The van der Waals surface area contributed by atoms with E-state index in [1.807, 2.05) is 6.07 Å². The van der Waals surface area contributed by atoms with Gasteiger partial charge in [0.15, 0.2) is 0 Å². The predicted molar refractivity (Wildman–Crippen MR) is 129 cm³/mol. The number of amides is 2. The van der Waals surface area contributed by atoms with Gasteiger partial charge >= 0.3 is 0 Å². The summed E-state index contributed by atoms with van der Waals surface area (Å²) in [6, 6.07) is 27.6. The van der Waals surface area contributed by atoms with Crippen molar-refractivity contribution in [1.29, 1.82) is 0 Å². The Morgan fingerprint density at radius 1 is 0.706 bits per heavy atom. The topological polar surface area (TPSA) is 49.4 Å². The first kappa shape index (κ1) is 22.9. The van der Waals surface area contributed by atoms with Crippen LogP contribution in [-0.2, 0) is 17.8 Å². The van der Waals surface area contributed by atoms with Crippen LogP contribution in [0, 0.1) is 11.6 Å². The maximum absolute atomic E-state index is 13.4. The van der Waals surface area contributed by atoms with Crippen LogP contribution in [0.25, 0.3) is 0 Å². The maximum Gasteiger partial charge on any atom is 0.258 e. The van der Waals surface area contributed by atoms with E-state index in [1.165, 1.54) is 36.4 Å². The number of halogens is 2. The first-order valence-corrected chi connectivity index (χ1v) is 10.7. The number of nitrogens with one attached hydrogen (secondary N) is 1. The van der Waals surface area contributed by atoms with Crippen molar-refractivity contribution in [1.82, 2.24) is 0 Å². The van der Waals surface area contributed by atoms with Crippen LogP contribution in [0.2, 0.25) is 0 Å². The van der Waals surface area contributed by atoms with Gasteiger partial charge in [0.05, 0.1) is 13.0 Å². The zero-order valence-electron chi connectivity index (χ0n) is 18.2. The van der Waals surface area contributed by atoms with Crippen molar-refractivity contribution in [3.05, 3.63) is 131 Å². The van der Waals surface area contributed by atoms with Gasteiger partial charge in [0.2, 0.25) is 5.91 Å². The molecule has 0 bridgehead atoms. The fraction of sp³-hybridized carbons (Fsp3) is 0.0714. The summed E-state index contributed by atoms with van der Waals surface area (Å²) >= 11 is 0. The van der Waals surface area contributed by atoms with E-state index in [4.69, 9.17) is 0 Å². The fourth-order valence-corrected chi connectivity index (χ4v) is 3.55. The second-order valence-corrected chi connectivity index (χ2v) is 7.79. The van der Waals surface area contributed by atoms with Gasteiger partial charge in [0.25, 0.3) is 5.91 Å². The lowest BCUT2D eigenvalue weighted by Gasteiger charge is -2.24. The van der Waals surface area contributed by atoms with E-state index in [0.717, 1.165) is 5.56 Å². The van der Waals surface area contributed by atoms with Crippen molar-refractivity contribution in [3.63, 3.8) is 0 Å². The zero-order chi connectivity index (χ0) is 23.9. The van der Waals surface area contributed by atoms with Gasteiger partial charge < -0.3 is 10.2 Å². The van der Waals surface area contributed by atoms with Crippen molar-refractivity contribution in [2.45, 2.75) is 13.0 Å². The second-order valence-electron chi connectivity index (χ2n) is 7.79. The number of anilines is 2. The summed E-state index contributed by atoms with van der Waals surface area (Å²) in [6.07, 6.45) is 0.0785. The summed E-state index contributed by atoms with van der Waals surface area (Å²) in [5, 5.41) is 2.74. The number of carbonyl (C=O) groups excluding carboxylic acids is 2. The molecule has 0 unspecified atom stereocenters. The molecular formula is C28H22F2N2O2. The Balaban J connectivity index is 1.57. The molecule has 4 nitrogen and oxygen atoms in total. The van der Waals surface area contributed by atoms with Crippen LogP contribution in [0.5, 0.6) is 0 Å². The number of carbonyl (C=O) groups is 2. The standard InChI is InChI=1S/C28H22F2N2O2/c29-23-11-9-20(10-12-23)19-32(28(34)22-6-2-1-3-7-22)26-8-4-5-21(17-26)18-27(33)31-25-15-13-24(30)14-16-25/h1-17H,18-19H2,(H,31,33). The van der Waals surface area contributed by atoms with Crippen LogP contribution in [-0.4, -0.2) is 11.8 Å². The Kier molecular flexibility index (Phi) is 7.08. The van der Waals surface area contributed by atoms with E-state index in [0.29, 0.717) is 22.5 Å². The minimum absolute atomic E-state index is 0.0785. The average Bonchev–Trinajstić information content (AvgIpc) is 2.85. The number of benzene rings is 4. The van der Waals surface area contributed by atoms with Crippen molar-refractivity contribution in [3.8, 4) is 0 Å². The number of hydrogen-bond acceptors (Lipinski definition) is 2. The molecule has 0 spiro atoms. The van der Waals surface area contributed by atoms with Crippen molar-refractivity contribution in [2.24, 2.45) is 0 Å². The fourth-order valence-electron chi connectivity index (χ4n) is 3.55. The molecule has 0 aliphatic heterocycles. The highest BCUT2D eigenvalue weighted by molar-refractivity contribution is 6.06. The summed E-state index contributed by atoms with van der Waals surface area (Å²) in [6.45, 7) is 0.235. The summed E-state index contributed by atoms with van der Waals surface area (Å²) in [5.41, 5.74) is 3.11. The molecule has 0 aromatic heterocycles. The van der Waals surface area contributed by atoms with Crippen molar-refractivity contribution in [2.75, 3.05) is 10.2 Å². The first-order valence-electron chi connectivity index (χ1n) is 10.7. The van der Waals surface area contributed by atoms with Crippen LogP contribution in [0.4, 0.5) is 20.2 Å². The van der Waals surface area contributed by atoms with E-state index in [1.54, 1.807) is 65.6 Å². The number of nitrogens with zero attached hydrogens (tertiary/aromatic N) is 1. The van der Waals surface area contributed by atoms with Crippen LogP contribution in [0.3, 0.4) is 0 Å². The van der Waals surface area contributed by atoms with Gasteiger partial charge in [0, 0.05) is 16.9 Å². The highest BCUT2D eigenvalue weighted by Crippen LogP contribution is 2.23. The molecule has 4 aromatic rings. The molecule has 34 heavy (non-hydrogen) atoms. The van der Waals surface area contributed by atoms with Crippen molar-refractivity contribution >= 4 is 23.2 Å². The molecule has 0 fully saturated rings. The molecule has 0 radical (unpaired) electrons. The van der Waals surface area contributed by atoms with Gasteiger partial charge in [-0.15, -0.1) is 0 Å². The SMILES string of the molecule is O=C(Cc1cccc(N(Cc2ccc(F)cc2)C(=O)c2ccccc2)c1)Nc1ccc(F)cc1. The highest BCUT2D eigenvalue weighted by atomic mass is 19.1. The van der Waals surface area contributed by atoms with Gasteiger partial charge in [-0.05, 0) is 71.8 Å². The van der Waals surface area contributed by atoms with Gasteiger partial charge in [-0.3, -0.25) is 9.59 Å². The summed E-state index contributed by atoms with van der Waals surface area (Å²) in [5.74, 6) is -1.20. The summed E-state index contributed by atoms with van der Waals surface area (Å²) in [4.78, 5) is 27.5. The Morgan fingerprint density at radius 2 is 1.35 bits per heavy atom. The number of hydrogen-bond donors (Lipinski definition) is 1. The third kappa shape index (κ3) is 5.92. The Labute approximate surface area is 196 Å². The van der Waals surface area contributed by atoms with E-state index < -0.39 is 0 Å². The highest BCUT2D eigenvalue weighted by Gasteiger charge is 2.19. The lowest BCUT2D eigenvalue weighted by atomic mass is 10.1. The molecule has 170 valence electrons. The molecule has 4 rings (SSSR count). The quantitative estimate of drug-likeness (QED) is 0.371. The van der Waals surface area contributed by atoms with Gasteiger partial charge in [0.1, 0.15) is 11.6 Å². The van der Waals surface area contributed by atoms with E-state index >= 15 is 0 Å². The molecule has 0 atom stereocenters. The van der Waals surface area contributed by atoms with Crippen LogP contribution < -0.4 is 10.2 Å². The Bertz CT molecular complexity index is 1270. The van der Waals surface area contributed by atoms with Gasteiger partial charge in [-0.1, -0.05) is 42.5 Å². The minimum Gasteiger partial charge on any atom is -0.326 e. The summed E-state index contributed by atoms with van der Waals surface area (Å²) in [7, 11) is 0. The average molecular weight is 456 g/mol. The molecule has 4 aromatic carbocycles. The molecule has 0 aliphatic rings. The number of rotatable bonds is 7. The smallest absolute Gasteiger partial charge is 0.258 e. The third-order valence-corrected chi connectivity index (χ3v) is 5.23. The minimum atomic E-state index is -0.380. The van der Waals surface area contributed by atoms with E-state index in [9.17, 15) is 18.4 Å². The summed E-state index contributed by atoms with van der Waals surface area (Å²) < 4.78 is 26.5. The molecule has 0 heterocycles. The van der Waals surface area contributed by atoms with Gasteiger partial charge in [-0.25, -0.2) is 8.78 Å². The van der Waals surface area contributed by atoms with Crippen LogP contribution >= 0.6 is 0 Å². The predicted octanol–water partition coefficient (Wildman–Crippen LogP) is 5.99. The van der Waals surface area contributed by atoms with E-state index in [2.05, 4.69) is 5.32 Å². The van der Waals surface area contributed by atoms with Crippen LogP contribution in [0.1, 0.15) is 21.5 Å². The first-order chi connectivity index (χ1) is 16.5. The molecule has 1 N–H and O–H groups in total. The molecule has 0 aliphatic carbocycles. The maximum atomic E-state index is 13.4. The molecule has 0 saturated heterocycles. The van der Waals surface area contributed by atoms with Gasteiger partial charge in [-0.2, -0.15) is 0 Å². The second kappa shape index (κ2) is 10.5. The normalized spacial score (nSPS) is 10.5. The largest absolute Gasteiger partial charge is 0.326 e. The zero-order valence-corrected chi connectivity index (χ0v) is 18.2. The molecular weight excluding hydrogens is 434 g/mol. The lowest BCUT2D eigenvalue weighted by molar-refractivity contribution is -0.115. The van der Waals surface area contributed by atoms with Crippen LogP contribution in [0.15, 0.2) is 103 Å². The lowest BCUT2D eigenvalue weighted by Crippen LogP contribution is -2.30. The molecule has 2 amide bonds. The Morgan fingerprint density at radius 3 is 2.03 bits per heavy atom. The molecule has 6 heteroatoms. The Hall–Kier alpha value is -4.32.